The number of rotatable bonds is 8. The van der Waals surface area contributed by atoms with Crippen molar-refractivity contribution in [1.82, 2.24) is 35.1 Å². The minimum Gasteiger partial charge on any atom is -0.436 e. The number of tetrazole rings is 1. The van der Waals surface area contributed by atoms with Gasteiger partial charge in [-0.2, -0.15) is 4.80 Å². The number of carbonyl (C=O) groups excluding carboxylic acids is 2. The third kappa shape index (κ3) is 6.03. The van der Waals surface area contributed by atoms with Crippen molar-refractivity contribution >= 4 is 28.6 Å². The molecule has 0 saturated carbocycles. The van der Waals surface area contributed by atoms with Gasteiger partial charge in [0.15, 0.2) is 5.58 Å². The van der Waals surface area contributed by atoms with Crippen LogP contribution in [0.5, 0.6) is 0 Å². The van der Waals surface area contributed by atoms with Gasteiger partial charge in [-0.05, 0) is 59.9 Å². The van der Waals surface area contributed by atoms with Gasteiger partial charge >= 0.3 is 6.43 Å². The predicted molar refractivity (Wildman–Crippen MR) is 157 cm³/mol. The summed E-state index contributed by atoms with van der Waals surface area (Å²) >= 11 is 0. The molecule has 4 heterocycles. The zero-order valence-electron chi connectivity index (χ0n) is 26.6. The number of alkyl halides is 2. The molecule has 226 valence electrons. The Bertz CT molecular complexity index is 1890. The molecule has 13 heteroatoms. The second kappa shape index (κ2) is 12.3. The van der Waals surface area contributed by atoms with Crippen molar-refractivity contribution in [3.63, 3.8) is 0 Å². The van der Waals surface area contributed by atoms with Crippen LogP contribution in [0.2, 0.25) is 0 Å². The summed E-state index contributed by atoms with van der Waals surface area (Å²) in [7, 11) is 0. The van der Waals surface area contributed by atoms with Gasteiger partial charge < -0.3 is 14.6 Å². The van der Waals surface area contributed by atoms with Gasteiger partial charge in [0.1, 0.15) is 17.3 Å². The molecular weight excluding hydrogens is 570 g/mol. The fraction of sp³-hybridized carbons (Fsp3) is 0.323. The Hall–Kier alpha value is -5.07. The summed E-state index contributed by atoms with van der Waals surface area (Å²) in [5.41, 5.74) is 2.82. The third-order valence-corrected chi connectivity index (χ3v) is 7.58. The Morgan fingerprint density at radius 1 is 1.09 bits per heavy atom. The molecule has 3 aromatic heterocycles. The smallest absolute Gasteiger partial charge is 0.301 e. The lowest BCUT2D eigenvalue weighted by Crippen LogP contribution is -2.41. The monoisotopic (exact) mass is 603 g/mol. The molecule has 2 aromatic carbocycles. The van der Waals surface area contributed by atoms with Crippen LogP contribution in [0, 0.1) is 11.8 Å². The van der Waals surface area contributed by atoms with Crippen LogP contribution in [0.3, 0.4) is 0 Å². The Labute approximate surface area is 255 Å². The van der Waals surface area contributed by atoms with Crippen molar-refractivity contribution in [1.29, 1.82) is 0 Å². The minimum absolute atomic E-state index is 0.0356. The number of pyridine rings is 1. The molecule has 2 amide bonds. The van der Waals surface area contributed by atoms with Crippen LogP contribution < -0.4 is 5.32 Å². The maximum absolute atomic E-state index is 13.5. The quantitative estimate of drug-likeness (QED) is 0.244. The number of likely N-dealkylation sites (tertiary alicyclic amines) is 1. The summed E-state index contributed by atoms with van der Waals surface area (Å²) in [6.45, 7) is -0.269. The molecule has 0 spiro atoms. The van der Waals surface area contributed by atoms with E-state index >= 15 is 0 Å². The zero-order chi connectivity index (χ0) is 33.3. The average molecular weight is 604 g/mol. The highest BCUT2D eigenvalue weighted by Crippen LogP contribution is 2.34. The average Bonchev–Trinajstić information content (AvgIpc) is 3.73. The van der Waals surface area contributed by atoms with Crippen LogP contribution in [0.25, 0.3) is 22.6 Å². The fourth-order valence-corrected chi connectivity index (χ4v) is 5.33. The number of nitrogens with zero attached hydrogens (tertiary/aromatic N) is 7. The van der Waals surface area contributed by atoms with Crippen molar-refractivity contribution < 1.29 is 26.9 Å². The summed E-state index contributed by atoms with van der Waals surface area (Å²) in [4.78, 5) is 37.6. The Morgan fingerprint density at radius 2 is 1.89 bits per heavy atom. The van der Waals surface area contributed by atoms with Gasteiger partial charge in [-0.3, -0.25) is 14.6 Å². The highest BCUT2D eigenvalue weighted by Gasteiger charge is 2.33. The first-order chi connectivity index (χ1) is 22.5. The van der Waals surface area contributed by atoms with Crippen molar-refractivity contribution in [3.05, 3.63) is 83.9 Å². The van der Waals surface area contributed by atoms with E-state index in [-0.39, 0.29) is 23.4 Å². The number of nitrogens with one attached hydrogen (secondary N) is 1. The maximum Gasteiger partial charge on any atom is 0.301 e. The molecule has 11 nitrogen and oxygen atoms in total. The number of hydrogen-bond donors (Lipinski definition) is 1. The van der Waals surface area contributed by atoms with Crippen molar-refractivity contribution in [2.24, 2.45) is 11.8 Å². The highest BCUT2D eigenvalue weighted by molar-refractivity contribution is 5.95. The number of oxazole rings is 1. The third-order valence-electron chi connectivity index (χ3n) is 7.58. The molecule has 6 rings (SSSR count). The van der Waals surface area contributed by atoms with E-state index in [0.29, 0.717) is 48.3 Å². The van der Waals surface area contributed by atoms with Gasteiger partial charge in [0.25, 0.3) is 5.91 Å². The molecule has 1 fully saturated rings. The molecule has 44 heavy (non-hydrogen) atoms. The minimum atomic E-state index is -2.83. The first-order valence-electron chi connectivity index (χ1n) is 15.6. The van der Waals surface area contributed by atoms with Crippen molar-refractivity contribution in [2.45, 2.75) is 39.1 Å². The van der Waals surface area contributed by atoms with Crippen LogP contribution >= 0.6 is 0 Å². The lowest BCUT2D eigenvalue weighted by Gasteiger charge is -2.35. The van der Waals surface area contributed by atoms with Crippen LogP contribution in [0.1, 0.15) is 65.1 Å². The topological polar surface area (TPSA) is 132 Å². The summed E-state index contributed by atoms with van der Waals surface area (Å²) in [6.07, 6.45) is -0.187. The number of piperidine rings is 1. The normalized spacial score (nSPS) is 16.7. The Balaban J connectivity index is 1.15. The molecule has 2 atom stereocenters. The standard InChI is InChI=1S/C31H30F2N8O3/c1-18(2)29(42)35-22-8-9-25-23(17-22)36-30(44-25)21-10-13-34-24(16-21)31(43)40-14-11-20(12-15-40)26(19-6-4-3-5-7-19)41-38-28(27(32)33)37-39-41/h3-10,13,16-18,20,26-27H,11-12,14-15H2,1-2H3,(H,35,42)/t26-/m0/s1/i1D3/t18?,26-. The first-order valence-corrected chi connectivity index (χ1v) is 14.1. The Kier molecular flexibility index (Phi) is 7.09. The summed E-state index contributed by atoms with van der Waals surface area (Å²) < 4.78 is 54.8. The summed E-state index contributed by atoms with van der Waals surface area (Å²) in [5, 5.41) is 14.0. The van der Waals surface area contributed by atoms with Crippen LogP contribution in [0.4, 0.5) is 14.5 Å². The largest absolute Gasteiger partial charge is 0.436 e. The fourth-order valence-electron chi connectivity index (χ4n) is 5.33. The second-order valence-electron chi connectivity index (χ2n) is 10.6. The number of carbonyl (C=O) groups is 2. The molecule has 1 unspecified atom stereocenters. The first kappa shape index (κ1) is 25.4. The van der Waals surface area contributed by atoms with Crippen molar-refractivity contribution in [2.75, 3.05) is 18.4 Å². The lowest BCUT2D eigenvalue weighted by molar-refractivity contribution is -0.118. The second-order valence-corrected chi connectivity index (χ2v) is 10.6. The number of aromatic nitrogens is 6. The van der Waals surface area contributed by atoms with E-state index < -0.39 is 37.0 Å². The lowest BCUT2D eigenvalue weighted by atomic mass is 9.85. The maximum atomic E-state index is 13.5. The zero-order valence-corrected chi connectivity index (χ0v) is 23.6. The molecule has 0 radical (unpaired) electrons. The molecule has 1 saturated heterocycles. The SMILES string of the molecule is [2H]C([2H])([2H])C(C)C(=O)Nc1ccc2oc(-c3ccnc(C(=O)N4CCC([C@H](c5ccccc5)n5nnc(C(F)F)n5)CC4)c3)nc2c1. The van der Waals surface area contributed by atoms with E-state index in [1.807, 2.05) is 30.3 Å². The number of hydrogen-bond acceptors (Lipinski definition) is 8. The van der Waals surface area contributed by atoms with E-state index in [4.69, 9.17) is 8.53 Å². The van der Waals surface area contributed by atoms with Gasteiger partial charge in [0.05, 0.1) is 0 Å². The number of benzene rings is 2. The molecule has 1 N–H and O–H groups in total. The van der Waals surface area contributed by atoms with E-state index in [1.165, 1.54) is 17.9 Å². The van der Waals surface area contributed by atoms with Gasteiger partial charge in [-0.25, -0.2) is 13.8 Å². The summed E-state index contributed by atoms with van der Waals surface area (Å²) in [5.74, 6) is -2.53. The van der Waals surface area contributed by atoms with Crippen LogP contribution in [-0.2, 0) is 4.79 Å². The predicted octanol–water partition coefficient (Wildman–Crippen LogP) is 5.55. The van der Waals surface area contributed by atoms with E-state index in [2.05, 4.69) is 30.7 Å². The van der Waals surface area contributed by atoms with Crippen LogP contribution in [0.15, 0.2) is 71.3 Å². The number of amides is 2. The van der Waals surface area contributed by atoms with E-state index in [9.17, 15) is 18.4 Å². The van der Waals surface area contributed by atoms with Gasteiger partial charge in [0, 0.05) is 40.6 Å². The number of fused-ring (bicyclic) bond motifs is 1. The summed E-state index contributed by atoms with van der Waals surface area (Å²) in [6, 6.07) is 17.0. The number of halogens is 2. The molecule has 1 aliphatic heterocycles. The molecular formula is C31H30F2N8O3. The van der Waals surface area contributed by atoms with Crippen molar-refractivity contribution in [3.8, 4) is 11.5 Å². The van der Waals surface area contributed by atoms with Gasteiger partial charge in [-0.1, -0.05) is 44.1 Å². The molecule has 1 aliphatic rings. The molecule has 5 aromatic rings. The number of anilines is 1. The highest BCUT2D eigenvalue weighted by atomic mass is 19.3. The molecule has 0 aliphatic carbocycles. The van der Waals surface area contributed by atoms with Gasteiger partial charge in [-0.15, -0.1) is 10.2 Å². The molecule has 0 bridgehead atoms. The van der Waals surface area contributed by atoms with E-state index in [0.717, 1.165) is 5.56 Å². The Morgan fingerprint density at radius 3 is 2.61 bits per heavy atom. The van der Waals surface area contributed by atoms with Crippen LogP contribution in [-0.4, -0.2) is 60.0 Å². The van der Waals surface area contributed by atoms with E-state index in [1.54, 1.807) is 35.2 Å². The van der Waals surface area contributed by atoms with Gasteiger partial charge in [0.2, 0.25) is 17.6 Å².